The first kappa shape index (κ1) is 24.7. The highest BCUT2D eigenvalue weighted by Crippen LogP contribution is 2.32. The minimum absolute atomic E-state index is 0.286. The number of hydrogen-bond donors (Lipinski definition) is 2. The molecule has 9 nitrogen and oxygen atoms in total. The molecule has 3 N–H and O–H groups in total. The van der Waals surface area contributed by atoms with Gasteiger partial charge in [0.2, 0.25) is 10.0 Å². The van der Waals surface area contributed by atoms with Gasteiger partial charge in [-0.15, -0.1) is 0 Å². The lowest BCUT2D eigenvalue weighted by Crippen LogP contribution is -2.39. The summed E-state index contributed by atoms with van der Waals surface area (Å²) in [4.78, 5) is 22.8. The molecule has 0 aliphatic carbocycles. The maximum Gasteiger partial charge on any atom is 0.416 e. The lowest BCUT2D eigenvalue weighted by atomic mass is 10.2. The highest BCUT2D eigenvalue weighted by Gasteiger charge is 2.32. The number of nitrogens with one attached hydrogen (secondary N) is 1. The molecule has 0 aromatic heterocycles. The number of carbonyl (C=O) groups excluding carboxylic acids is 2. The minimum Gasteiger partial charge on any atom is -0.484 e. The van der Waals surface area contributed by atoms with E-state index in [9.17, 15) is 31.2 Å². The second-order valence-corrected chi connectivity index (χ2v) is 8.34. The van der Waals surface area contributed by atoms with Gasteiger partial charge < -0.3 is 10.5 Å². The van der Waals surface area contributed by atoms with Crippen LogP contribution in [0.3, 0.4) is 0 Å². The van der Waals surface area contributed by atoms with Crippen molar-refractivity contribution < 1.29 is 35.9 Å². The van der Waals surface area contributed by atoms with Crippen LogP contribution in [-0.4, -0.2) is 45.9 Å². The molecule has 0 spiro atoms. The number of anilines is 1. The van der Waals surface area contributed by atoms with E-state index in [1.54, 1.807) is 12.1 Å². The lowest BCUT2D eigenvalue weighted by Gasteiger charge is -2.22. The molecule has 0 fully saturated rings. The van der Waals surface area contributed by atoms with Gasteiger partial charge in [-0.2, -0.15) is 18.3 Å². The van der Waals surface area contributed by atoms with E-state index in [-0.39, 0.29) is 12.3 Å². The van der Waals surface area contributed by atoms with Crippen molar-refractivity contribution in [2.24, 2.45) is 10.8 Å². The fourth-order valence-electron chi connectivity index (χ4n) is 2.39. The molecule has 0 unspecified atom stereocenters. The Kier molecular flexibility index (Phi) is 7.81. The highest BCUT2D eigenvalue weighted by atomic mass is 32.2. The number of hydrazone groups is 1. The Morgan fingerprint density at radius 3 is 2.41 bits per heavy atom. The standard InChI is InChI=1S/C19H19F3N4O5S/c1-32(29,30)26(15-4-2-3-14(9-15)19(20,21)22)11-18(28)25-24-10-13-5-7-16(8-6-13)31-12-17(23)27/h2-10H,11-12H2,1H3,(H2,23,27)(H,25,28)/b24-10+. The van der Waals surface area contributed by atoms with E-state index in [1.807, 2.05) is 0 Å². The number of benzene rings is 2. The Morgan fingerprint density at radius 2 is 1.84 bits per heavy atom. The zero-order valence-corrected chi connectivity index (χ0v) is 17.5. The van der Waals surface area contributed by atoms with Crippen molar-refractivity contribution in [3.63, 3.8) is 0 Å². The van der Waals surface area contributed by atoms with Crippen LogP contribution in [0.4, 0.5) is 18.9 Å². The van der Waals surface area contributed by atoms with Crippen LogP contribution < -0.4 is 20.2 Å². The number of alkyl halides is 3. The summed E-state index contributed by atoms with van der Waals surface area (Å²) in [6, 6.07) is 9.82. The quantitative estimate of drug-likeness (QED) is 0.422. The molecule has 2 aromatic rings. The van der Waals surface area contributed by atoms with Crippen LogP contribution in [0, 0.1) is 0 Å². The molecule has 0 saturated carbocycles. The molecule has 0 heterocycles. The first-order chi connectivity index (χ1) is 14.9. The molecular weight excluding hydrogens is 453 g/mol. The predicted molar refractivity (Wildman–Crippen MR) is 111 cm³/mol. The average molecular weight is 472 g/mol. The number of rotatable bonds is 9. The Morgan fingerprint density at radius 1 is 1.19 bits per heavy atom. The fraction of sp³-hybridized carbons (Fsp3) is 0.211. The number of sulfonamides is 1. The van der Waals surface area contributed by atoms with Crippen molar-refractivity contribution in [1.29, 1.82) is 0 Å². The van der Waals surface area contributed by atoms with Gasteiger partial charge >= 0.3 is 6.18 Å². The molecule has 0 saturated heterocycles. The number of halogens is 3. The summed E-state index contributed by atoms with van der Waals surface area (Å²) in [6.45, 7) is -1.07. The molecule has 2 amide bonds. The van der Waals surface area contributed by atoms with E-state index in [0.29, 0.717) is 21.7 Å². The first-order valence-electron chi connectivity index (χ1n) is 8.84. The second-order valence-electron chi connectivity index (χ2n) is 6.43. The summed E-state index contributed by atoms with van der Waals surface area (Å²) < 4.78 is 68.5. The lowest BCUT2D eigenvalue weighted by molar-refractivity contribution is -0.137. The maximum atomic E-state index is 12.9. The number of primary amides is 1. The molecule has 0 radical (unpaired) electrons. The molecule has 13 heteroatoms. The third-order valence-electron chi connectivity index (χ3n) is 3.81. The Bertz CT molecular complexity index is 1100. The summed E-state index contributed by atoms with van der Waals surface area (Å²) in [7, 11) is -4.06. The van der Waals surface area contributed by atoms with Gasteiger partial charge in [-0.05, 0) is 48.0 Å². The Hall–Kier alpha value is -3.61. The molecule has 2 aromatic carbocycles. The monoisotopic (exact) mass is 472 g/mol. The van der Waals surface area contributed by atoms with Crippen molar-refractivity contribution in [3.8, 4) is 5.75 Å². The van der Waals surface area contributed by atoms with E-state index < -0.39 is 40.1 Å². The van der Waals surface area contributed by atoms with Crippen molar-refractivity contribution >= 4 is 33.7 Å². The fourth-order valence-corrected chi connectivity index (χ4v) is 3.23. The number of carbonyl (C=O) groups is 2. The van der Waals surface area contributed by atoms with Crippen LogP contribution in [0.1, 0.15) is 11.1 Å². The van der Waals surface area contributed by atoms with Crippen molar-refractivity contribution in [1.82, 2.24) is 5.43 Å². The number of ether oxygens (including phenoxy) is 1. The number of hydrogen-bond acceptors (Lipinski definition) is 6. The van der Waals surface area contributed by atoms with Crippen LogP contribution in [0.5, 0.6) is 5.75 Å². The Balaban J connectivity index is 2.05. The first-order valence-corrected chi connectivity index (χ1v) is 10.7. The average Bonchev–Trinajstić information content (AvgIpc) is 2.70. The minimum atomic E-state index is -4.67. The highest BCUT2D eigenvalue weighted by molar-refractivity contribution is 7.92. The maximum absolute atomic E-state index is 12.9. The van der Waals surface area contributed by atoms with E-state index in [0.717, 1.165) is 24.5 Å². The van der Waals surface area contributed by atoms with Crippen LogP contribution >= 0.6 is 0 Å². The second kappa shape index (κ2) is 10.1. The molecule has 0 atom stereocenters. The van der Waals surface area contributed by atoms with E-state index in [1.165, 1.54) is 18.3 Å². The SMILES string of the molecule is CS(=O)(=O)N(CC(=O)N/N=C/c1ccc(OCC(N)=O)cc1)c1cccc(C(F)(F)F)c1. The number of amides is 2. The zero-order valence-electron chi connectivity index (χ0n) is 16.7. The van der Waals surface area contributed by atoms with Gasteiger partial charge in [-0.25, -0.2) is 13.8 Å². The van der Waals surface area contributed by atoms with Crippen LogP contribution in [-0.2, 0) is 25.8 Å². The van der Waals surface area contributed by atoms with Crippen molar-refractivity contribution in [2.45, 2.75) is 6.18 Å². The van der Waals surface area contributed by atoms with Crippen molar-refractivity contribution in [2.75, 3.05) is 23.7 Å². The van der Waals surface area contributed by atoms with Crippen LogP contribution in [0.2, 0.25) is 0 Å². The summed E-state index contributed by atoms with van der Waals surface area (Å²) in [5.41, 5.74) is 6.26. The molecule has 32 heavy (non-hydrogen) atoms. The van der Waals surface area contributed by atoms with E-state index in [4.69, 9.17) is 10.5 Å². The molecule has 0 bridgehead atoms. The summed E-state index contributed by atoms with van der Waals surface area (Å²) in [5, 5.41) is 3.69. The number of nitrogens with zero attached hydrogens (tertiary/aromatic N) is 2. The summed E-state index contributed by atoms with van der Waals surface area (Å²) in [6.07, 6.45) is -2.65. The molecule has 0 aliphatic rings. The van der Waals surface area contributed by atoms with Gasteiger partial charge in [0.25, 0.3) is 11.8 Å². The smallest absolute Gasteiger partial charge is 0.416 e. The van der Waals surface area contributed by atoms with E-state index >= 15 is 0 Å². The van der Waals surface area contributed by atoms with Gasteiger partial charge in [0.05, 0.1) is 23.7 Å². The van der Waals surface area contributed by atoms with Crippen molar-refractivity contribution in [3.05, 3.63) is 59.7 Å². The van der Waals surface area contributed by atoms with Crippen LogP contribution in [0.15, 0.2) is 53.6 Å². The zero-order chi connectivity index (χ0) is 23.9. The van der Waals surface area contributed by atoms with Gasteiger partial charge in [-0.1, -0.05) is 6.07 Å². The van der Waals surface area contributed by atoms with E-state index in [2.05, 4.69) is 10.5 Å². The molecule has 0 aliphatic heterocycles. The third kappa shape index (κ3) is 7.58. The number of nitrogens with two attached hydrogens (primary N) is 1. The predicted octanol–water partition coefficient (Wildman–Crippen LogP) is 1.49. The van der Waals surface area contributed by atoms with Gasteiger partial charge in [0.15, 0.2) is 6.61 Å². The van der Waals surface area contributed by atoms with Gasteiger partial charge in [0.1, 0.15) is 12.3 Å². The third-order valence-corrected chi connectivity index (χ3v) is 4.95. The topological polar surface area (TPSA) is 131 Å². The molecular formula is C19H19F3N4O5S. The normalized spacial score (nSPS) is 11.9. The Labute approximate surface area is 181 Å². The van der Waals surface area contributed by atoms with Gasteiger partial charge in [-0.3, -0.25) is 13.9 Å². The largest absolute Gasteiger partial charge is 0.484 e. The summed E-state index contributed by atoms with van der Waals surface area (Å²) in [5.74, 6) is -1.12. The van der Waals surface area contributed by atoms with Crippen LogP contribution in [0.25, 0.3) is 0 Å². The molecule has 172 valence electrons. The van der Waals surface area contributed by atoms with Gasteiger partial charge in [0, 0.05) is 0 Å². The summed E-state index contributed by atoms with van der Waals surface area (Å²) >= 11 is 0. The molecule has 2 rings (SSSR count).